The molecular weight excluding hydrogens is 314 g/mol. The molecule has 0 bridgehead atoms. The molecule has 1 aromatic heterocycles. The fourth-order valence-corrected chi connectivity index (χ4v) is 2.50. The number of hydrogen-bond acceptors (Lipinski definition) is 6. The normalized spacial score (nSPS) is 10.4. The fraction of sp³-hybridized carbons (Fsp3) is 0.211. The maximum absolute atomic E-state index is 5.38. The first kappa shape index (κ1) is 16.7. The van der Waals surface area contributed by atoms with Crippen LogP contribution in [0.5, 0.6) is 5.75 Å². The molecule has 0 aliphatic rings. The molecule has 0 saturated carbocycles. The van der Waals surface area contributed by atoms with Gasteiger partial charge in [-0.1, -0.05) is 35.9 Å². The zero-order valence-corrected chi connectivity index (χ0v) is 14.6. The second kappa shape index (κ2) is 7.61. The van der Waals surface area contributed by atoms with Crippen molar-refractivity contribution >= 4 is 17.5 Å². The molecule has 2 N–H and O–H groups in total. The molecule has 0 fully saturated rings. The van der Waals surface area contributed by atoms with Gasteiger partial charge in [0, 0.05) is 6.54 Å². The van der Waals surface area contributed by atoms with Crippen molar-refractivity contribution in [3.63, 3.8) is 0 Å². The first-order valence-electron chi connectivity index (χ1n) is 8.05. The van der Waals surface area contributed by atoms with E-state index in [2.05, 4.69) is 50.9 Å². The Bertz CT molecular complexity index is 866. The molecule has 6 nitrogen and oxygen atoms in total. The minimum Gasteiger partial charge on any atom is -0.495 e. The van der Waals surface area contributed by atoms with E-state index in [0.29, 0.717) is 18.3 Å². The summed E-state index contributed by atoms with van der Waals surface area (Å²) in [7, 11) is 1.64. The quantitative estimate of drug-likeness (QED) is 0.713. The van der Waals surface area contributed by atoms with Crippen LogP contribution in [0, 0.1) is 13.8 Å². The van der Waals surface area contributed by atoms with Crippen LogP contribution in [0.25, 0.3) is 0 Å². The molecule has 0 aliphatic carbocycles. The van der Waals surface area contributed by atoms with E-state index >= 15 is 0 Å². The average molecular weight is 335 g/mol. The highest BCUT2D eigenvalue weighted by Gasteiger charge is 2.06. The van der Waals surface area contributed by atoms with Crippen LogP contribution in [0.3, 0.4) is 0 Å². The zero-order valence-electron chi connectivity index (χ0n) is 14.6. The molecule has 3 rings (SSSR count). The summed E-state index contributed by atoms with van der Waals surface area (Å²) in [6.07, 6.45) is 1.58. The van der Waals surface area contributed by atoms with E-state index in [1.54, 1.807) is 13.3 Å². The molecule has 0 amide bonds. The van der Waals surface area contributed by atoms with Crippen LogP contribution >= 0.6 is 0 Å². The number of aryl methyl sites for hydroxylation is 2. The van der Waals surface area contributed by atoms with Gasteiger partial charge in [0.2, 0.25) is 5.95 Å². The molecule has 2 aromatic carbocycles. The zero-order chi connectivity index (χ0) is 17.6. The Kier molecular flexibility index (Phi) is 5.09. The highest BCUT2D eigenvalue weighted by atomic mass is 16.5. The van der Waals surface area contributed by atoms with Gasteiger partial charge in [0.1, 0.15) is 5.75 Å². The van der Waals surface area contributed by atoms with Crippen LogP contribution in [0.4, 0.5) is 17.5 Å². The third-order valence-corrected chi connectivity index (χ3v) is 3.71. The van der Waals surface area contributed by atoms with Gasteiger partial charge < -0.3 is 15.4 Å². The van der Waals surface area contributed by atoms with Crippen LogP contribution < -0.4 is 15.4 Å². The molecule has 0 radical (unpaired) electrons. The van der Waals surface area contributed by atoms with E-state index in [1.165, 1.54) is 11.1 Å². The first-order chi connectivity index (χ1) is 12.1. The van der Waals surface area contributed by atoms with Gasteiger partial charge in [0.25, 0.3) is 0 Å². The molecule has 128 valence electrons. The van der Waals surface area contributed by atoms with Crippen molar-refractivity contribution in [1.82, 2.24) is 15.2 Å². The molecule has 0 spiro atoms. The van der Waals surface area contributed by atoms with Gasteiger partial charge in [-0.25, -0.2) is 0 Å². The van der Waals surface area contributed by atoms with Crippen molar-refractivity contribution in [3.8, 4) is 5.75 Å². The Hall–Kier alpha value is -3.15. The second-order valence-corrected chi connectivity index (χ2v) is 5.84. The predicted octanol–water partition coefficient (Wildman–Crippen LogP) is 3.85. The summed E-state index contributed by atoms with van der Waals surface area (Å²) < 4.78 is 5.38. The van der Waals surface area contributed by atoms with Gasteiger partial charge in [0.05, 0.1) is 19.0 Å². The lowest BCUT2D eigenvalue weighted by Gasteiger charge is -2.12. The molecule has 6 heteroatoms. The second-order valence-electron chi connectivity index (χ2n) is 5.84. The number of methoxy groups -OCH3 is 1. The van der Waals surface area contributed by atoms with Gasteiger partial charge in [0.15, 0.2) is 5.82 Å². The smallest absolute Gasteiger partial charge is 0.244 e. The number of aromatic nitrogens is 3. The third-order valence-electron chi connectivity index (χ3n) is 3.71. The van der Waals surface area contributed by atoms with E-state index in [9.17, 15) is 0 Å². The highest BCUT2D eigenvalue weighted by molar-refractivity contribution is 5.65. The summed E-state index contributed by atoms with van der Waals surface area (Å²) in [6, 6.07) is 14.2. The Balaban J connectivity index is 1.72. The van der Waals surface area contributed by atoms with Crippen molar-refractivity contribution in [2.24, 2.45) is 0 Å². The van der Waals surface area contributed by atoms with Gasteiger partial charge in [-0.05, 0) is 37.1 Å². The van der Waals surface area contributed by atoms with E-state index < -0.39 is 0 Å². The van der Waals surface area contributed by atoms with Gasteiger partial charge in [-0.15, -0.1) is 5.10 Å². The van der Waals surface area contributed by atoms with Crippen molar-refractivity contribution < 1.29 is 4.74 Å². The Morgan fingerprint density at radius 2 is 1.88 bits per heavy atom. The summed E-state index contributed by atoms with van der Waals surface area (Å²) in [5.41, 5.74) is 4.36. The summed E-state index contributed by atoms with van der Waals surface area (Å²) in [4.78, 5) is 4.46. The average Bonchev–Trinajstić information content (AvgIpc) is 2.61. The van der Waals surface area contributed by atoms with Gasteiger partial charge in [-0.3, -0.25) is 0 Å². The maximum Gasteiger partial charge on any atom is 0.244 e. The van der Waals surface area contributed by atoms with Crippen LogP contribution in [-0.2, 0) is 6.54 Å². The van der Waals surface area contributed by atoms with E-state index in [1.807, 2.05) is 31.2 Å². The number of hydrogen-bond donors (Lipinski definition) is 2. The Morgan fingerprint density at radius 1 is 1.04 bits per heavy atom. The van der Waals surface area contributed by atoms with Crippen LogP contribution in [0.1, 0.15) is 16.7 Å². The van der Waals surface area contributed by atoms with Crippen LogP contribution in [-0.4, -0.2) is 22.3 Å². The lowest BCUT2D eigenvalue weighted by molar-refractivity contribution is 0.416. The van der Waals surface area contributed by atoms with Crippen molar-refractivity contribution in [3.05, 3.63) is 65.4 Å². The topological polar surface area (TPSA) is 72.0 Å². The fourth-order valence-electron chi connectivity index (χ4n) is 2.50. The molecular formula is C19H21N5O. The number of nitrogens with one attached hydrogen (secondary N) is 2. The molecule has 0 aliphatic heterocycles. The molecule has 25 heavy (non-hydrogen) atoms. The lowest BCUT2D eigenvalue weighted by atomic mass is 10.1. The van der Waals surface area contributed by atoms with Crippen molar-refractivity contribution in [1.29, 1.82) is 0 Å². The Labute approximate surface area is 147 Å². The van der Waals surface area contributed by atoms with E-state index in [-0.39, 0.29) is 0 Å². The number of rotatable bonds is 6. The predicted molar refractivity (Wildman–Crippen MR) is 99.3 cm³/mol. The number of nitrogens with zero attached hydrogens (tertiary/aromatic N) is 3. The van der Waals surface area contributed by atoms with Crippen LogP contribution in [0.2, 0.25) is 0 Å². The number of ether oxygens (including phenoxy) is 1. The summed E-state index contributed by atoms with van der Waals surface area (Å²) in [5, 5.41) is 14.5. The van der Waals surface area contributed by atoms with Gasteiger partial charge >= 0.3 is 0 Å². The monoisotopic (exact) mass is 335 g/mol. The Morgan fingerprint density at radius 3 is 2.68 bits per heavy atom. The van der Waals surface area contributed by atoms with Gasteiger partial charge in [-0.2, -0.15) is 10.1 Å². The third kappa shape index (κ3) is 4.44. The number of benzene rings is 2. The van der Waals surface area contributed by atoms with Crippen molar-refractivity contribution in [2.75, 3.05) is 17.7 Å². The molecule has 3 aromatic rings. The molecule has 1 heterocycles. The van der Waals surface area contributed by atoms with E-state index in [4.69, 9.17) is 4.74 Å². The summed E-state index contributed by atoms with van der Waals surface area (Å²) in [6.45, 7) is 4.74. The minimum absolute atomic E-state index is 0.470. The molecule has 0 atom stereocenters. The standard InChI is InChI=1S/C19H21N5O/c1-13-5-4-6-15(9-13)11-20-19-23-18(12-21-24-19)22-16-10-14(2)7-8-17(16)25-3/h4-10,12H,11H2,1-3H3,(H2,20,22,23,24). The van der Waals surface area contributed by atoms with Crippen LogP contribution in [0.15, 0.2) is 48.7 Å². The summed E-state index contributed by atoms with van der Waals surface area (Å²) >= 11 is 0. The molecule has 0 unspecified atom stereocenters. The SMILES string of the molecule is COc1ccc(C)cc1Nc1cnnc(NCc2cccc(C)c2)n1. The highest BCUT2D eigenvalue weighted by Crippen LogP contribution is 2.27. The van der Waals surface area contributed by atoms with E-state index in [0.717, 1.165) is 17.0 Å². The maximum atomic E-state index is 5.38. The first-order valence-corrected chi connectivity index (χ1v) is 8.05. The minimum atomic E-state index is 0.470. The summed E-state index contributed by atoms with van der Waals surface area (Å²) in [5.74, 6) is 1.82. The number of anilines is 3. The van der Waals surface area contributed by atoms with Crippen molar-refractivity contribution in [2.45, 2.75) is 20.4 Å². The molecule has 0 saturated heterocycles. The lowest BCUT2D eigenvalue weighted by Crippen LogP contribution is -2.06. The largest absolute Gasteiger partial charge is 0.495 e.